The molecular weight excluding hydrogens is 380 g/mol. The predicted molar refractivity (Wildman–Crippen MR) is 107 cm³/mol. The van der Waals surface area contributed by atoms with Crippen LogP contribution in [-0.2, 0) is 23.1 Å². The lowest BCUT2D eigenvalue weighted by Crippen LogP contribution is -2.42. The Hall–Kier alpha value is -1.97. The highest BCUT2D eigenvalue weighted by Gasteiger charge is 2.41. The molecule has 2 aromatic rings. The molecule has 9 heteroatoms. The molecule has 0 radical (unpaired) electrons. The standard InChI is InChI=1S/C19H26N4O4S/c1-19(7-8-19)21-28(26,27)14-5-6-16-15(11-14)17(24)22(10-9-20-2)18(25)23(16)12-13-3-4-13/h5-6,11,13,20-21H,3-4,7-10,12H2,1-2H3. The maximum atomic E-state index is 13.0. The van der Waals surface area contributed by atoms with Crippen LogP contribution >= 0.6 is 0 Å². The lowest BCUT2D eigenvalue weighted by molar-refractivity contribution is 0.535. The summed E-state index contributed by atoms with van der Waals surface area (Å²) in [7, 11) is -1.97. The Labute approximate surface area is 163 Å². The molecule has 1 aromatic heterocycles. The zero-order valence-electron chi connectivity index (χ0n) is 16.2. The van der Waals surface area contributed by atoms with E-state index in [2.05, 4.69) is 10.0 Å². The van der Waals surface area contributed by atoms with E-state index in [4.69, 9.17) is 0 Å². The second-order valence-corrected chi connectivity index (χ2v) is 9.92. The van der Waals surface area contributed by atoms with Crippen LogP contribution in [-0.4, -0.2) is 36.7 Å². The van der Waals surface area contributed by atoms with Gasteiger partial charge in [-0.2, -0.15) is 0 Å². The van der Waals surface area contributed by atoms with E-state index in [1.54, 1.807) is 17.7 Å². The Kier molecular flexibility index (Phi) is 4.71. The van der Waals surface area contributed by atoms with Gasteiger partial charge in [-0.1, -0.05) is 0 Å². The lowest BCUT2D eigenvalue weighted by Gasteiger charge is -2.16. The van der Waals surface area contributed by atoms with Crippen molar-refractivity contribution in [2.75, 3.05) is 13.6 Å². The topological polar surface area (TPSA) is 102 Å². The average molecular weight is 407 g/mol. The van der Waals surface area contributed by atoms with Crippen LogP contribution in [0.5, 0.6) is 0 Å². The van der Waals surface area contributed by atoms with Crippen molar-refractivity contribution in [2.24, 2.45) is 5.92 Å². The fraction of sp³-hybridized carbons (Fsp3) is 0.579. The molecule has 8 nitrogen and oxygen atoms in total. The minimum atomic E-state index is -3.73. The van der Waals surface area contributed by atoms with Crippen LogP contribution < -0.4 is 21.3 Å². The molecule has 1 heterocycles. The van der Waals surface area contributed by atoms with Gasteiger partial charge < -0.3 is 5.32 Å². The van der Waals surface area contributed by atoms with Crippen LogP contribution in [0.1, 0.15) is 32.6 Å². The van der Waals surface area contributed by atoms with E-state index in [0.717, 1.165) is 25.7 Å². The molecule has 0 amide bonds. The zero-order valence-corrected chi connectivity index (χ0v) is 17.0. The first kappa shape index (κ1) is 19.4. The molecule has 0 unspecified atom stereocenters. The maximum absolute atomic E-state index is 13.0. The summed E-state index contributed by atoms with van der Waals surface area (Å²) >= 11 is 0. The van der Waals surface area contributed by atoms with Crippen molar-refractivity contribution >= 4 is 20.9 Å². The highest BCUT2D eigenvalue weighted by molar-refractivity contribution is 7.89. The number of nitrogens with one attached hydrogen (secondary N) is 2. The van der Waals surface area contributed by atoms with Crippen molar-refractivity contribution in [2.45, 2.75) is 56.1 Å². The molecule has 2 N–H and O–H groups in total. The second-order valence-electron chi connectivity index (χ2n) is 8.24. The van der Waals surface area contributed by atoms with Crippen LogP contribution in [0.2, 0.25) is 0 Å². The van der Waals surface area contributed by atoms with Gasteiger partial charge in [-0.25, -0.2) is 17.9 Å². The van der Waals surface area contributed by atoms with E-state index in [9.17, 15) is 18.0 Å². The number of aromatic nitrogens is 2. The molecule has 2 fully saturated rings. The summed E-state index contributed by atoms with van der Waals surface area (Å²) in [6, 6.07) is 4.48. The fourth-order valence-electron chi connectivity index (χ4n) is 3.40. The van der Waals surface area contributed by atoms with Gasteiger partial charge in [-0.05, 0) is 63.8 Å². The molecule has 0 saturated heterocycles. The second kappa shape index (κ2) is 6.82. The van der Waals surface area contributed by atoms with E-state index >= 15 is 0 Å². The molecule has 0 bridgehead atoms. The quantitative estimate of drug-likeness (QED) is 0.669. The third kappa shape index (κ3) is 3.66. The van der Waals surface area contributed by atoms with Gasteiger partial charge in [0.2, 0.25) is 10.0 Å². The van der Waals surface area contributed by atoms with Gasteiger partial charge in [0.25, 0.3) is 5.56 Å². The molecular formula is C19H26N4O4S. The van der Waals surface area contributed by atoms with E-state index in [0.29, 0.717) is 24.5 Å². The minimum Gasteiger partial charge on any atom is -0.318 e. The van der Waals surface area contributed by atoms with Crippen LogP contribution in [0.3, 0.4) is 0 Å². The van der Waals surface area contributed by atoms with Crippen molar-refractivity contribution in [3.8, 4) is 0 Å². The number of hydrogen-bond donors (Lipinski definition) is 2. The van der Waals surface area contributed by atoms with E-state index in [-0.39, 0.29) is 22.5 Å². The van der Waals surface area contributed by atoms with Crippen molar-refractivity contribution in [3.05, 3.63) is 39.0 Å². The average Bonchev–Trinajstić information content (AvgIpc) is 3.57. The largest absolute Gasteiger partial charge is 0.331 e. The van der Waals surface area contributed by atoms with Crippen LogP contribution in [0.15, 0.2) is 32.7 Å². The van der Waals surface area contributed by atoms with Gasteiger partial charge >= 0.3 is 5.69 Å². The molecule has 0 atom stereocenters. The van der Waals surface area contributed by atoms with Gasteiger partial charge in [-0.15, -0.1) is 0 Å². The number of nitrogens with zero attached hydrogens (tertiary/aromatic N) is 2. The van der Waals surface area contributed by atoms with Gasteiger partial charge in [0.05, 0.1) is 15.8 Å². The first-order valence-electron chi connectivity index (χ1n) is 9.70. The summed E-state index contributed by atoms with van der Waals surface area (Å²) in [6.07, 6.45) is 3.74. The summed E-state index contributed by atoms with van der Waals surface area (Å²) in [5.41, 5.74) is -0.680. The summed E-state index contributed by atoms with van der Waals surface area (Å²) in [5, 5.41) is 3.21. The SMILES string of the molecule is CNCCn1c(=O)c2cc(S(=O)(=O)NC3(C)CC3)ccc2n(CC2CC2)c1=O. The third-order valence-corrected chi connectivity index (χ3v) is 7.25. The molecule has 2 saturated carbocycles. The third-order valence-electron chi connectivity index (χ3n) is 5.61. The van der Waals surface area contributed by atoms with Gasteiger partial charge in [0.15, 0.2) is 0 Å². The van der Waals surface area contributed by atoms with Crippen molar-refractivity contribution in [1.82, 2.24) is 19.2 Å². The maximum Gasteiger partial charge on any atom is 0.331 e. The van der Waals surface area contributed by atoms with Gasteiger partial charge in [0.1, 0.15) is 0 Å². The van der Waals surface area contributed by atoms with Crippen LogP contribution in [0.25, 0.3) is 10.9 Å². The summed E-state index contributed by atoms with van der Waals surface area (Å²) in [6.45, 7) is 3.13. The summed E-state index contributed by atoms with van der Waals surface area (Å²) < 4.78 is 31.0. The van der Waals surface area contributed by atoms with Crippen LogP contribution in [0.4, 0.5) is 0 Å². The molecule has 28 heavy (non-hydrogen) atoms. The molecule has 0 spiro atoms. The van der Waals surface area contributed by atoms with Crippen molar-refractivity contribution < 1.29 is 8.42 Å². The molecule has 2 aliphatic rings. The fourth-order valence-corrected chi connectivity index (χ4v) is 4.89. The Balaban J connectivity index is 1.87. The van der Waals surface area contributed by atoms with Gasteiger partial charge in [-0.3, -0.25) is 13.9 Å². The number of sulfonamides is 1. The first-order valence-corrected chi connectivity index (χ1v) is 11.2. The molecule has 1 aromatic carbocycles. The van der Waals surface area contributed by atoms with Crippen molar-refractivity contribution in [3.63, 3.8) is 0 Å². The lowest BCUT2D eigenvalue weighted by atomic mass is 10.2. The number of likely N-dealkylation sites (N-methyl/N-ethyl adjacent to an activating group) is 1. The van der Waals surface area contributed by atoms with E-state index in [1.165, 1.54) is 16.7 Å². The van der Waals surface area contributed by atoms with Gasteiger partial charge in [0, 0.05) is 25.2 Å². The molecule has 4 rings (SSSR count). The monoisotopic (exact) mass is 406 g/mol. The highest BCUT2D eigenvalue weighted by Crippen LogP contribution is 2.36. The van der Waals surface area contributed by atoms with Crippen molar-refractivity contribution in [1.29, 1.82) is 0 Å². The Morgan fingerprint density at radius 1 is 1.18 bits per heavy atom. The molecule has 0 aliphatic heterocycles. The zero-order chi connectivity index (χ0) is 20.1. The smallest absolute Gasteiger partial charge is 0.318 e. The normalized spacial score (nSPS) is 18.5. The summed E-state index contributed by atoms with van der Waals surface area (Å²) in [4.78, 5) is 26.0. The number of fused-ring (bicyclic) bond motifs is 1. The van der Waals surface area contributed by atoms with Crippen LogP contribution in [0, 0.1) is 5.92 Å². The Morgan fingerprint density at radius 2 is 1.89 bits per heavy atom. The number of benzene rings is 1. The Morgan fingerprint density at radius 3 is 2.50 bits per heavy atom. The first-order chi connectivity index (χ1) is 13.2. The minimum absolute atomic E-state index is 0.0574. The van der Waals surface area contributed by atoms with E-state index in [1.807, 2.05) is 6.92 Å². The van der Waals surface area contributed by atoms with E-state index < -0.39 is 21.1 Å². The predicted octanol–water partition coefficient (Wildman–Crippen LogP) is 0.623. The number of hydrogen-bond acceptors (Lipinski definition) is 5. The molecule has 152 valence electrons. The number of rotatable bonds is 8. The Bertz CT molecular complexity index is 1140. The summed E-state index contributed by atoms with van der Waals surface area (Å²) in [5.74, 6) is 0.441. The molecule has 2 aliphatic carbocycles. The highest BCUT2D eigenvalue weighted by atomic mass is 32.2.